The number of benzene rings is 3. The first-order chi connectivity index (χ1) is 13.2. The van der Waals surface area contributed by atoms with E-state index in [0.29, 0.717) is 18.0 Å². The Hall–Kier alpha value is -2.63. The van der Waals surface area contributed by atoms with Crippen molar-refractivity contribution >= 4 is 11.0 Å². The molecule has 0 saturated carbocycles. The third-order valence-corrected chi connectivity index (χ3v) is 6.29. The Morgan fingerprint density at radius 2 is 1.48 bits per heavy atom. The smallest absolute Gasteiger partial charge is 0.161 e. The fourth-order valence-electron chi connectivity index (χ4n) is 3.51. The molecule has 0 N–H and O–H groups in total. The van der Waals surface area contributed by atoms with Crippen LogP contribution >= 0.6 is 0 Å². The van der Waals surface area contributed by atoms with Crippen LogP contribution in [0.1, 0.15) is 22.7 Å². The Labute approximate surface area is 161 Å². The van der Waals surface area contributed by atoms with Crippen LogP contribution in [-0.2, 0) is 17.5 Å². The average Bonchev–Trinajstić information content (AvgIpc) is 2.99. The Kier molecular flexibility index (Phi) is 4.97. The summed E-state index contributed by atoms with van der Waals surface area (Å²) in [5, 5.41) is 0. The van der Waals surface area contributed by atoms with Crippen LogP contribution in [0.3, 0.4) is 0 Å². The third-order valence-electron chi connectivity index (χ3n) is 4.80. The Morgan fingerprint density at radius 1 is 0.889 bits per heavy atom. The molecule has 0 aliphatic carbocycles. The van der Waals surface area contributed by atoms with Crippen LogP contribution in [0.5, 0.6) is 11.5 Å². The second-order valence-corrected chi connectivity index (χ2v) is 7.78. The van der Waals surface area contributed by atoms with E-state index in [2.05, 4.69) is 24.3 Å². The summed E-state index contributed by atoms with van der Waals surface area (Å²) in [7, 11) is 1.93. The Balaban J connectivity index is 1.84. The van der Waals surface area contributed by atoms with Gasteiger partial charge in [-0.15, -0.1) is 0 Å². The molecule has 3 aromatic rings. The molecule has 0 saturated heterocycles. The molecule has 1 aliphatic heterocycles. The van der Waals surface area contributed by atoms with Crippen molar-refractivity contribution in [2.45, 2.75) is 17.5 Å². The van der Waals surface area contributed by atoms with E-state index in [1.54, 1.807) is 14.2 Å². The molecule has 1 unspecified atom stereocenters. The summed E-state index contributed by atoms with van der Waals surface area (Å²) in [6.07, 6.45) is 0. The Bertz CT molecular complexity index is 960. The van der Waals surface area contributed by atoms with Crippen molar-refractivity contribution in [2.75, 3.05) is 14.2 Å². The maximum Gasteiger partial charge on any atom is 0.161 e. The highest BCUT2D eigenvalue weighted by Gasteiger charge is 2.38. The maximum absolute atomic E-state index is 13.4. The lowest BCUT2D eigenvalue weighted by Crippen LogP contribution is -2.24. The molecule has 2 atom stereocenters. The van der Waals surface area contributed by atoms with Crippen molar-refractivity contribution < 1.29 is 13.7 Å². The van der Waals surface area contributed by atoms with Crippen LogP contribution in [0.4, 0.5) is 0 Å². The minimum Gasteiger partial charge on any atom is -0.493 e. The van der Waals surface area contributed by atoms with Crippen LogP contribution in [0.15, 0.2) is 77.7 Å². The van der Waals surface area contributed by atoms with E-state index in [-0.39, 0.29) is 6.04 Å². The fraction of sp³-hybridized carbons (Fsp3) is 0.182. The zero-order chi connectivity index (χ0) is 18.8. The van der Waals surface area contributed by atoms with Crippen molar-refractivity contribution in [1.29, 1.82) is 0 Å². The van der Waals surface area contributed by atoms with Gasteiger partial charge in [-0.1, -0.05) is 60.7 Å². The van der Waals surface area contributed by atoms with Gasteiger partial charge in [0, 0.05) is 12.6 Å². The number of fused-ring (bicyclic) bond motifs is 1. The molecule has 1 aliphatic rings. The van der Waals surface area contributed by atoms with E-state index < -0.39 is 11.0 Å². The van der Waals surface area contributed by atoms with Gasteiger partial charge >= 0.3 is 0 Å². The normalized spacial score (nSPS) is 18.9. The molecule has 0 radical (unpaired) electrons. The zero-order valence-corrected chi connectivity index (χ0v) is 16.1. The summed E-state index contributed by atoms with van der Waals surface area (Å²) in [5.74, 6) is 1.24. The standard InChI is InChI=1S/C22H21NO3S/c1-25-19-13-18-21(14-20(19)26-2)27(24)23(15-16-9-5-3-6-10-16)22(18)17-11-7-4-8-12-17/h3-14,22H,15H2,1-2H3/t22-,27?/m0/s1. The van der Waals surface area contributed by atoms with Crippen LogP contribution in [0.2, 0.25) is 0 Å². The molecule has 138 valence electrons. The molecule has 3 aromatic carbocycles. The summed E-state index contributed by atoms with van der Waals surface area (Å²) >= 11 is 0. The predicted octanol–water partition coefficient (Wildman–Crippen LogP) is 4.33. The molecule has 1 heterocycles. The lowest BCUT2D eigenvalue weighted by atomic mass is 9.98. The lowest BCUT2D eigenvalue weighted by molar-refractivity contribution is 0.351. The van der Waals surface area contributed by atoms with E-state index in [9.17, 15) is 4.21 Å². The van der Waals surface area contributed by atoms with E-state index in [1.165, 1.54) is 0 Å². The highest BCUT2D eigenvalue weighted by Crippen LogP contribution is 2.46. The van der Waals surface area contributed by atoms with Gasteiger partial charge in [0.15, 0.2) is 11.5 Å². The SMILES string of the molecule is COc1cc2c(cc1OC)S(=O)N(Cc1ccccc1)[C@H]2c1ccccc1. The molecule has 0 fully saturated rings. The summed E-state index contributed by atoms with van der Waals surface area (Å²) in [6.45, 7) is 0.590. The van der Waals surface area contributed by atoms with Crippen molar-refractivity contribution in [3.63, 3.8) is 0 Å². The second kappa shape index (κ2) is 7.55. The second-order valence-electron chi connectivity index (χ2n) is 6.37. The highest BCUT2D eigenvalue weighted by atomic mass is 32.2. The number of hydrogen-bond acceptors (Lipinski definition) is 3. The van der Waals surface area contributed by atoms with Crippen LogP contribution in [0.25, 0.3) is 0 Å². The molecule has 27 heavy (non-hydrogen) atoms. The van der Waals surface area contributed by atoms with Gasteiger partial charge in [-0.05, 0) is 22.8 Å². The molecule has 4 nitrogen and oxygen atoms in total. The summed E-state index contributed by atoms with van der Waals surface area (Å²) in [4.78, 5) is 0.775. The fourth-order valence-corrected chi connectivity index (χ4v) is 5.04. The topological polar surface area (TPSA) is 38.8 Å². The molecule has 4 rings (SSSR count). The van der Waals surface area contributed by atoms with Gasteiger partial charge in [-0.2, -0.15) is 0 Å². The maximum atomic E-state index is 13.4. The molecule has 5 heteroatoms. The van der Waals surface area contributed by atoms with Gasteiger partial charge in [-0.25, -0.2) is 8.51 Å². The number of nitrogens with zero attached hydrogens (tertiary/aromatic N) is 1. The highest BCUT2D eigenvalue weighted by molar-refractivity contribution is 7.83. The lowest BCUT2D eigenvalue weighted by Gasteiger charge is -2.24. The first-order valence-corrected chi connectivity index (χ1v) is 9.87. The van der Waals surface area contributed by atoms with E-state index in [1.807, 2.05) is 52.8 Å². The Morgan fingerprint density at radius 3 is 2.11 bits per heavy atom. The summed E-state index contributed by atoms with van der Waals surface area (Å²) < 4.78 is 26.3. The van der Waals surface area contributed by atoms with Gasteiger partial charge < -0.3 is 9.47 Å². The van der Waals surface area contributed by atoms with Gasteiger partial charge in [0.1, 0.15) is 11.0 Å². The number of ether oxygens (including phenoxy) is 2. The van der Waals surface area contributed by atoms with Crippen molar-refractivity contribution in [3.05, 3.63) is 89.5 Å². The molecule has 0 bridgehead atoms. The average molecular weight is 379 g/mol. The molecule has 0 amide bonds. The molecular weight excluding hydrogens is 358 g/mol. The first-order valence-electron chi connectivity index (χ1n) is 8.76. The molecule has 0 spiro atoms. The van der Waals surface area contributed by atoms with E-state index in [4.69, 9.17) is 9.47 Å². The zero-order valence-electron chi connectivity index (χ0n) is 15.3. The monoisotopic (exact) mass is 379 g/mol. The minimum absolute atomic E-state index is 0.109. The quantitative estimate of drug-likeness (QED) is 0.662. The van der Waals surface area contributed by atoms with Crippen molar-refractivity contribution in [3.8, 4) is 11.5 Å². The number of rotatable bonds is 5. The van der Waals surface area contributed by atoms with Crippen molar-refractivity contribution in [2.24, 2.45) is 0 Å². The van der Waals surface area contributed by atoms with Gasteiger partial charge in [0.25, 0.3) is 0 Å². The molecule has 0 aromatic heterocycles. The predicted molar refractivity (Wildman–Crippen MR) is 106 cm³/mol. The third kappa shape index (κ3) is 3.24. The van der Waals surface area contributed by atoms with Gasteiger partial charge in [0.05, 0.1) is 25.2 Å². The van der Waals surface area contributed by atoms with E-state index >= 15 is 0 Å². The van der Waals surface area contributed by atoms with E-state index in [0.717, 1.165) is 21.6 Å². The van der Waals surface area contributed by atoms with Gasteiger partial charge in [0.2, 0.25) is 0 Å². The minimum atomic E-state index is -1.29. The van der Waals surface area contributed by atoms with Crippen molar-refractivity contribution in [1.82, 2.24) is 4.31 Å². The number of methoxy groups -OCH3 is 2. The van der Waals surface area contributed by atoms with Crippen LogP contribution < -0.4 is 9.47 Å². The number of hydrogen-bond donors (Lipinski definition) is 0. The van der Waals surface area contributed by atoms with Gasteiger partial charge in [-0.3, -0.25) is 0 Å². The first kappa shape index (κ1) is 17.8. The van der Waals surface area contributed by atoms with Crippen LogP contribution in [0, 0.1) is 0 Å². The van der Waals surface area contributed by atoms with Crippen LogP contribution in [-0.4, -0.2) is 22.7 Å². The summed E-state index contributed by atoms with van der Waals surface area (Å²) in [5.41, 5.74) is 3.22. The molecular formula is C22H21NO3S. The summed E-state index contributed by atoms with van der Waals surface area (Å²) in [6, 6.07) is 24.0. The largest absolute Gasteiger partial charge is 0.493 e.